The Morgan fingerprint density at radius 1 is 1.50 bits per heavy atom. The number of rotatable bonds is 4. The van der Waals surface area contributed by atoms with Gasteiger partial charge in [-0.1, -0.05) is 20.8 Å². The van der Waals surface area contributed by atoms with Crippen molar-refractivity contribution in [3.05, 3.63) is 34.2 Å². The zero-order valence-corrected chi connectivity index (χ0v) is 11.7. The lowest BCUT2D eigenvalue weighted by Gasteiger charge is -2.31. The molecule has 0 saturated heterocycles. The Labute approximate surface area is 112 Å². The first-order chi connectivity index (χ1) is 8.34. The highest BCUT2D eigenvalue weighted by atomic mass is 35.5. The number of aromatic nitrogens is 1. The van der Waals surface area contributed by atoms with Crippen molar-refractivity contribution < 1.29 is 4.79 Å². The molecular weight excluding hydrogens is 252 g/mol. The predicted octanol–water partition coefficient (Wildman–Crippen LogP) is 2.15. The molecular formula is C13H19ClN2O2. The highest BCUT2D eigenvalue weighted by Crippen LogP contribution is 2.22. The molecule has 1 aromatic heterocycles. The highest BCUT2D eigenvalue weighted by Gasteiger charge is 2.25. The van der Waals surface area contributed by atoms with Crippen molar-refractivity contribution in [3.8, 4) is 0 Å². The summed E-state index contributed by atoms with van der Waals surface area (Å²) in [5.41, 5.74) is 0.000959. The summed E-state index contributed by atoms with van der Waals surface area (Å²) >= 11 is 5.75. The van der Waals surface area contributed by atoms with Crippen molar-refractivity contribution in [2.45, 2.75) is 33.2 Å². The molecule has 0 saturated carbocycles. The molecule has 1 heterocycles. The van der Waals surface area contributed by atoms with E-state index >= 15 is 0 Å². The molecule has 0 bridgehead atoms. The molecule has 0 aliphatic heterocycles. The van der Waals surface area contributed by atoms with Crippen LogP contribution in [0.15, 0.2) is 23.1 Å². The summed E-state index contributed by atoms with van der Waals surface area (Å²) in [5, 5.41) is 2.93. The monoisotopic (exact) mass is 270 g/mol. The number of halogens is 1. The van der Waals surface area contributed by atoms with Gasteiger partial charge in [0.05, 0.1) is 0 Å². The van der Waals surface area contributed by atoms with Gasteiger partial charge in [0.2, 0.25) is 5.56 Å². The van der Waals surface area contributed by atoms with Crippen LogP contribution in [0.1, 0.15) is 37.6 Å². The second-order valence-corrected chi connectivity index (χ2v) is 5.69. The van der Waals surface area contributed by atoms with Gasteiger partial charge in [-0.2, -0.15) is 0 Å². The second-order valence-electron chi connectivity index (χ2n) is 5.31. The first-order valence-electron chi connectivity index (χ1n) is 5.90. The van der Waals surface area contributed by atoms with E-state index in [9.17, 15) is 9.59 Å². The summed E-state index contributed by atoms with van der Waals surface area (Å²) in [5.74, 6) is 0.239. The molecule has 1 aromatic rings. The van der Waals surface area contributed by atoms with E-state index in [0.29, 0.717) is 17.9 Å². The van der Waals surface area contributed by atoms with Crippen LogP contribution in [0.2, 0.25) is 0 Å². The normalized spacial score (nSPS) is 13.1. The van der Waals surface area contributed by atoms with Gasteiger partial charge in [0, 0.05) is 29.7 Å². The quantitative estimate of drug-likeness (QED) is 0.824. The molecule has 2 N–H and O–H groups in total. The maximum absolute atomic E-state index is 12.0. The van der Waals surface area contributed by atoms with Gasteiger partial charge < -0.3 is 10.3 Å². The fourth-order valence-corrected chi connectivity index (χ4v) is 1.88. The number of pyridine rings is 1. The maximum Gasteiger partial charge on any atom is 0.251 e. The number of amides is 1. The Bertz CT molecular complexity index is 463. The van der Waals surface area contributed by atoms with Crippen LogP contribution in [-0.4, -0.2) is 22.8 Å². The zero-order valence-electron chi connectivity index (χ0n) is 10.9. The van der Waals surface area contributed by atoms with Gasteiger partial charge in [0.15, 0.2) is 0 Å². The molecule has 0 fully saturated rings. The summed E-state index contributed by atoms with van der Waals surface area (Å²) in [7, 11) is 0. The second kappa shape index (κ2) is 6.05. The summed E-state index contributed by atoms with van der Waals surface area (Å²) in [6.45, 7) is 6.13. The fourth-order valence-electron chi connectivity index (χ4n) is 1.66. The number of nitrogens with one attached hydrogen (secondary N) is 2. The third-order valence-corrected chi connectivity index (χ3v) is 3.00. The highest BCUT2D eigenvalue weighted by molar-refractivity contribution is 6.17. The summed E-state index contributed by atoms with van der Waals surface area (Å²) < 4.78 is 0. The summed E-state index contributed by atoms with van der Waals surface area (Å²) in [6.07, 6.45) is 2.16. The molecule has 1 rings (SSSR count). The number of aromatic amines is 1. The van der Waals surface area contributed by atoms with Crippen LogP contribution in [0.4, 0.5) is 0 Å². The molecule has 0 aromatic carbocycles. The third kappa shape index (κ3) is 4.18. The third-order valence-electron chi connectivity index (χ3n) is 2.79. The van der Waals surface area contributed by atoms with Gasteiger partial charge in [-0.25, -0.2) is 0 Å². The van der Waals surface area contributed by atoms with Crippen LogP contribution in [0.5, 0.6) is 0 Å². The first-order valence-corrected chi connectivity index (χ1v) is 6.43. The van der Waals surface area contributed by atoms with E-state index in [2.05, 4.69) is 10.3 Å². The van der Waals surface area contributed by atoms with E-state index in [1.54, 1.807) is 6.07 Å². The minimum Gasteiger partial charge on any atom is -0.349 e. The lowest BCUT2D eigenvalue weighted by molar-refractivity contribution is 0.0900. The van der Waals surface area contributed by atoms with Gasteiger partial charge in [-0.15, -0.1) is 11.6 Å². The Morgan fingerprint density at radius 2 is 2.17 bits per heavy atom. The van der Waals surface area contributed by atoms with E-state index < -0.39 is 0 Å². The van der Waals surface area contributed by atoms with Crippen molar-refractivity contribution in [2.75, 3.05) is 5.88 Å². The standard InChI is InChI=1S/C13H19ClN2O2/c1-13(2,3)10(4-6-14)16-12(18)9-5-7-15-11(17)8-9/h5,7-8,10H,4,6H2,1-3H3,(H,15,17)(H,16,18). The number of carbonyl (C=O) groups is 1. The van der Waals surface area contributed by atoms with Crippen LogP contribution < -0.4 is 10.9 Å². The molecule has 0 spiro atoms. The zero-order chi connectivity index (χ0) is 13.8. The molecule has 1 atom stereocenters. The van der Waals surface area contributed by atoms with E-state index in [1.165, 1.54) is 12.3 Å². The molecule has 4 nitrogen and oxygen atoms in total. The Hall–Kier alpha value is -1.29. The number of carbonyl (C=O) groups excluding carboxylic acids is 1. The van der Waals surface area contributed by atoms with Crippen LogP contribution >= 0.6 is 11.6 Å². The number of alkyl halides is 1. The minimum absolute atomic E-state index is 0.0261. The average Bonchev–Trinajstić information content (AvgIpc) is 2.27. The molecule has 5 heteroatoms. The summed E-state index contributed by atoms with van der Waals surface area (Å²) in [6, 6.07) is 2.84. The van der Waals surface area contributed by atoms with E-state index in [-0.39, 0.29) is 22.9 Å². The molecule has 100 valence electrons. The smallest absolute Gasteiger partial charge is 0.251 e. The van der Waals surface area contributed by atoms with Crippen LogP contribution in [0.25, 0.3) is 0 Å². The number of hydrogen-bond acceptors (Lipinski definition) is 2. The molecule has 0 aliphatic carbocycles. The Morgan fingerprint density at radius 3 is 2.67 bits per heavy atom. The number of H-pyrrole nitrogens is 1. The topological polar surface area (TPSA) is 62.0 Å². The van der Waals surface area contributed by atoms with Gasteiger partial charge in [-0.05, 0) is 17.9 Å². The minimum atomic E-state index is -0.285. The lowest BCUT2D eigenvalue weighted by atomic mass is 9.85. The fraction of sp³-hybridized carbons (Fsp3) is 0.538. The van der Waals surface area contributed by atoms with Gasteiger partial charge in [0.1, 0.15) is 0 Å². The maximum atomic E-state index is 12.0. The molecule has 1 unspecified atom stereocenters. The lowest BCUT2D eigenvalue weighted by Crippen LogP contribution is -2.44. The Balaban J connectivity index is 2.82. The van der Waals surface area contributed by atoms with Crippen LogP contribution in [-0.2, 0) is 0 Å². The van der Waals surface area contributed by atoms with Gasteiger partial charge in [0.25, 0.3) is 5.91 Å². The SMILES string of the molecule is CC(C)(C)C(CCCl)NC(=O)c1cc[nH]c(=O)c1. The van der Waals surface area contributed by atoms with E-state index in [4.69, 9.17) is 11.6 Å². The van der Waals surface area contributed by atoms with Crippen molar-refractivity contribution in [1.29, 1.82) is 0 Å². The molecule has 18 heavy (non-hydrogen) atoms. The molecule has 0 aliphatic rings. The van der Waals surface area contributed by atoms with Crippen LogP contribution in [0, 0.1) is 5.41 Å². The first kappa shape index (κ1) is 14.8. The molecule has 1 amide bonds. The predicted molar refractivity (Wildman–Crippen MR) is 73.1 cm³/mol. The van der Waals surface area contributed by atoms with Crippen molar-refractivity contribution in [2.24, 2.45) is 5.41 Å². The van der Waals surface area contributed by atoms with Crippen molar-refractivity contribution in [3.63, 3.8) is 0 Å². The number of hydrogen-bond donors (Lipinski definition) is 2. The van der Waals surface area contributed by atoms with Gasteiger partial charge >= 0.3 is 0 Å². The van der Waals surface area contributed by atoms with Crippen molar-refractivity contribution >= 4 is 17.5 Å². The largest absolute Gasteiger partial charge is 0.349 e. The van der Waals surface area contributed by atoms with E-state index in [1.807, 2.05) is 20.8 Å². The summed E-state index contributed by atoms with van der Waals surface area (Å²) in [4.78, 5) is 25.6. The van der Waals surface area contributed by atoms with Crippen LogP contribution in [0.3, 0.4) is 0 Å². The molecule has 0 radical (unpaired) electrons. The van der Waals surface area contributed by atoms with E-state index in [0.717, 1.165) is 0 Å². The Kier molecular flexibility index (Phi) is 4.96. The van der Waals surface area contributed by atoms with Crippen molar-refractivity contribution in [1.82, 2.24) is 10.3 Å². The average molecular weight is 271 g/mol. The van der Waals surface area contributed by atoms with Gasteiger partial charge in [-0.3, -0.25) is 9.59 Å².